The lowest BCUT2D eigenvalue weighted by Gasteiger charge is -2.30. The fourth-order valence-corrected chi connectivity index (χ4v) is 4.38. The average Bonchev–Trinajstić information content (AvgIpc) is 2.79. The zero-order valence-electron chi connectivity index (χ0n) is 17.0. The van der Waals surface area contributed by atoms with Gasteiger partial charge in [-0.3, -0.25) is 19.4 Å². The number of nitrogens with zero attached hydrogens (tertiary/aromatic N) is 2. The third-order valence-corrected chi connectivity index (χ3v) is 6.15. The van der Waals surface area contributed by atoms with Gasteiger partial charge in [0.1, 0.15) is 5.82 Å². The maximum absolute atomic E-state index is 13.0. The number of hydrogen-bond acceptors (Lipinski definition) is 5. The fraction of sp³-hybridized carbons (Fsp3) is 0.217. The molecule has 1 aromatic heterocycles. The van der Waals surface area contributed by atoms with Crippen LogP contribution in [0.3, 0.4) is 0 Å². The lowest BCUT2D eigenvalue weighted by atomic mass is 9.92. The van der Waals surface area contributed by atoms with E-state index in [0.29, 0.717) is 29.7 Å². The quantitative estimate of drug-likeness (QED) is 0.569. The van der Waals surface area contributed by atoms with Crippen LogP contribution in [-0.4, -0.2) is 28.3 Å². The van der Waals surface area contributed by atoms with Crippen LogP contribution >= 0.6 is 11.6 Å². The first-order valence-electron chi connectivity index (χ1n) is 10.3. The van der Waals surface area contributed by atoms with Gasteiger partial charge in [0.2, 0.25) is 17.8 Å². The molecule has 0 bridgehead atoms. The van der Waals surface area contributed by atoms with Gasteiger partial charge in [0.05, 0.1) is 22.2 Å². The maximum Gasteiger partial charge on any atom is 0.258 e. The van der Waals surface area contributed by atoms with Gasteiger partial charge in [0.15, 0.2) is 0 Å². The van der Waals surface area contributed by atoms with E-state index in [1.807, 2.05) is 17.0 Å². The van der Waals surface area contributed by atoms with Crippen molar-refractivity contribution in [2.45, 2.75) is 25.3 Å². The van der Waals surface area contributed by atoms with Crippen LogP contribution in [0.4, 0.5) is 17.5 Å². The molecular weight excluding hydrogens is 430 g/mol. The highest BCUT2D eigenvalue weighted by Gasteiger charge is 2.35. The summed E-state index contributed by atoms with van der Waals surface area (Å²) in [5, 5.41) is 5.74. The van der Waals surface area contributed by atoms with Gasteiger partial charge in [0, 0.05) is 19.5 Å². The van der Waals surface area contributed by atoms with Crippen molar-refractivity contribution >= 4 is 40.9 Å². The van der Waals surface area contributed by atoms with Crippen molar-refractivity contribution in [1.29, 1.82) is 0 Å². The van der Waals surface area contributed by atoms with E-state index in [1.165, 1.54) is 11.1 Å². The third-order valence-electron chi connectivity index (χ3n) is 5.82. The molecule has 32 heavy (non-hydrogen) atoms. The number of carbonyl (C=O) groups excluding carboxylic acids is 2. The normalized spacial score (nSPS) is 17.2. The van der Waals surface area contributed by atoms with E-state index < -0.39 is 17.4 Å². The van der Waals surface area contributed by atoms with E-state index in [-0.39, 0.29) is 23.7 Å². The first kappa shape index (κ1) is 20.3. The molecule has 2 aliphatic rings. The number of fused-ring (bicyclic) bond motifs is 2. The van der Waals surface area contributed by atoms with Crippen LogP contribution in [0.2, 0.25) is 5.02 Å². The van der Waals surface area contributed by atoms with Gasteiger partial charge in [-0.1, -0.05) is 48.0 Å². The molecule has 0 unspecified atom stereocenters. The number of H-pyrrole nitrogens is 1. The SMILES string of the molecule is O=C1C[C@@H](C(=O)Nc2ccccc2Cl)c2c(nc(N3CCc4ccccc4C3)[nH]c2=O)N1. The average molecular weight is 450 g/mol. The van der Waals surface area contributed by atoms with Crippen LogP contribution in [0.5, 0.6) is 0 Å². The van der Waals surface area contributed by atoms with Crippen molar-refractivity contribution in [1.82, 2.24) is 9.97 Å². The standard InChI is InChI=1S/C23H20ClN5O3/c24-16-7-3-4-8-17(16)25-21(31)15-11-18(30)26-20-19(15)22(32)28-23(27-20)29-10-9-13-5-1-2-6-14(13)12-29/h1-8,15H,9-12H2,(H,25,31)(H2,26,27,28,30,32)/t15-/m1/s1. The van der Waals surface area contributed by atoms with E-state index >= 15 is 0 Å². The number of aromatic amines is 1. The van der Waals surface area contributed by atoms with Crippen molar-refractivity contribution in [3.05, 3.63) is 80.6 Å². The minimum atomic E-state index is -0.970. The van der Waals surface area contributed by atoms with Crippen LogP contribution in [0, 0.1) is 0 Å². The predicted molar refractivity (Wildman–Crippen MR) is 122 cm³/mol. The van der Waals surface area contributed by atoms with Gasteiger partial charge in [-0.05, 0) is 29.7 Å². The number of benzene rings is 2. The number of nitrogens with one attached hydrogen (secondary N) is 3. The monoisotopic (exact) mass is 449 g/mol. The van der Waals surface area contributed by atoms with Gasteiger partial charge in [-0.15, -0.1) is 0 Å². The van der Waals surface area contributed by atoms with Crippen LogP contribution in [0.15, 0.2) is 53.3 Å². The Morgan fingerprint density at radius 2 is 1.84 bits per heavy atom. The Balaban J connectivity index is 1.46. The molecule has 8 nitrogen and oxygen atoms in total. The molecule has 2 aliphatic heterocycles. The third kappa shape index (κ3) is 3.73. The largest absolute Gasteiger partial charge is 0.338 e. The number of halogens is 1. The highest BCUT2D eigenvalue weighted by Crippen LogP contribution is 2.32. The molecule has 5 rings (SSSR count). The molecule has 3 N–H and O–H groups in total. The minimum Gasteiger partial charge on any atom is -0.338 e. The summed E-state index contributed by atoms with van der Waals surface area (Å²) < 4.78 is 0. The molecule has 0 radical (unpaired) electrons. The Morgan fingerprint density at radius 1 is 1.09 bits per heavy atom. The smallest absolute Gasteiger partial charge is 0.258 e. The summed E-state index contributed by atoms with van der Waals surface area (Å²) in [6, 6.07) is 14.9. The highest BCUT2D eigenvalue weighted by molar-refractivity contribution is 6.33. The number of rotatable bonds is 3. The minimum absolute atomic E-state index is 0.123. The molecule has 2 amide bonds. The second-order valence-electron chi connectivity index (χ2n) is 7.87. The topological polar surface area (TPSA) is 107 Å². The van der Waals surface area contributed by atoms with Gasteiger partial charge in [0.25, 0.3) is 5.56 Å². The summed E-state index contributed by atoms with van der Waals surface area (Å²) >= 11 is 6.13. The van der Waals surface area contributed by atoms with Crippen molar-refractivity contribution in [3.8, 4) is 0 Å². The molecule has 1 atom stereocenters. The number of aromatic nitrogens is 2. The lowest BCUT2D eigenvalue weighted by Crippen LogP contribution is -2.38. The molecule has 3 heterocycles. The molecule has 162 valence electrons. The summed E-state index contributed by atoms with van der Waals surface area (Å²) in [6.45, 7) is 1.28. The van der Waals surface area contributed by atoms with Crippen molar-refractivity contribution < 1.29 is 9.59 Å². The Hall–Kier alpha value is -3.65. The summed E-state index contributed by atoms with van der Waals surface area (Å²) in [6.07, 6.45) is 0.677. The summed E-state index contributed by atoms with van der Waals surface area (Å²) in [5.41, 5.74) is 2.56. The molecule has 0 spiro atoms. The molecule has 2 aromatic carbocycles. The van der Waals surface area contributed by atoms with Gasteiger partial charge in [-0.25, -0.2) is 0 Å². The zero-order chi connectivity index (χ0) is 22.2. The van der Waals surface area contributed by atoms with Crippen LogP contribution in [-0.2, 0) is 22.6 Å². The molecule has 3 aromatic rings. The van der Waals surface area contributed by atoms with Gasteiger partial charge < -0.3 is 15.5 Å². The molecule has 0 aliphatic carbocycles. The Labute approximate surface area is 188 Å². The lowest BCUT2D eigenvalue weighted by molar-refractivity contribution is -0.123. The Kier molecular flexibility index (Phi) is 5.14. The van der Waals surface area contributed by atoms with Gasteiger partial charge >= 0.3 is 0 Å². The zero-order valence-corrected chi connectivity index (χ0v) is 17.8. The molecular formula is C23H20ClN5O3. The molecule has 0 saturated carbocycles. The summed E-state index contributed by atoms with van der Waals surface area (Å²) in [5.74, 6) is -1.33. The number of amides is 2. The fourth-order valence-electron chi connectivity index (χ4n) is 4.19. The summed E-state index contributed by atoms with van der Waals surface area (Å²) in [4.78, 5) is 47.6. The molecule has 0 fully saturated rings. The molecule has 0 saturated heterocycles. The second kappa shape index (κ2) is 8.12. The van der Waals surface area contributed by atoms with E-state index in [0.717, 1.165) is 6.42 Å². The predicted octanol–water partition coefficient (Wildman–Crippen LogP) is 3.05. The number of para-hydroxylation sites is 1. The maximum atomic E-state index is 13.0. The summed E-state index contributed by atoms with van der Waals surface area (Å²) in [7, 11) is 0. The van der Waals surface area contributed by atoms with Crippen LogP contribution < -0.4 is 21.1 Å². The van der Waals surface area contributed by atoms with Gasteiger partial charge in [-0.2, -0.15) is 4.98 Å². The Bertz CT molecular complexity index is 1290. The number of hydrogen-bond donors (Lipinski definition) is 3. The first-order chi connectivity index (χ1) is 15.5. The van der Waals surface area contributed by atoms with Crippen molar-refractivity contribution in [2.24, 2.45) is 0 Å². The first-order valence-corrected chi connectivity index (χ1v) is 10.7. The van der Waals surface area contributed by atoms with Crippen LogP contribution in [0.25, 0.3) is 0 Å². The Morgan fingerprint density at radius 3 is 2.66 bits per heavy atom. The van der Waals surface area contributed by atoms with E-state index in [1.54, 1.807) is 24.3 Å². The van der Waals surface area contributed by atoms with Crippen LogP contribution in [0.1, 0.15) is 29.0 Å². The van der Waals surface area contributed by atoms with E-state index in [4.69, 9.17) is 11.6 Å². The van der Waals surface area contributed by atoms with Crippen molar-refractivity contribution in [2.75, 3.05) is 22.1 Å². The second-order valence-corrected chi connectivity index (χ2v) is 8.27. The van der Waals surface area contributed by atoms with E-state index in [9.17, 15) is 14.4 Å². The molecule has 9 heteroatoms. The van der Waals surface area contributed by atoms with Crippen molar-refractivity contribution in [3.63, 3.8) is 0 Å². The highest BCUT2D eigenvalue weighted by atomic mass is 35.5. The van der Waals surface area contributed by atoms with E-state index in [2.05, 4.69) is 32.7 Å². The number of carbonyl (C=O) groups is 2. The number of anilines is 3.